The van der Waals surface area contributed by atoms with Crippen molar-refractivity contribution >= 4 is 17.4 Å². The van der Waals surface area contributed by atoms with E-state index in [4.69, 9.17) is 11.6 Å². The van der Waals surface area contributed by atoms with Crippen molar-refractivity contribution in [1.29, 1.82) is 0 Å². The van der Waals surface area contributed by atoms with Gasteiger partial charge in [-0.1, -0.05) is 16.7 Å². The van der Waals surface area contributed by atoms with Crippen molar-refractivity contribution in [2.45, 2.75) is 13.0 Å². The monoisotopic (exact) mass is 244 g/mol. The van der Waals surface area contributed by atoms with Gasteiger partial charge in [0.15, 0.2) is 5.15 Å². The molecule has 0 unspecified atom stereocenters. The molecule has 16 heavy (non-hydrogen) atoms. The second-order valence-electron chi connectivity index (χ2n) is 4.18. The Hall–Kier alpha value is -1.14. The van der Waals surface area contributed by atoms with Gasteiger partial charge >= 0.3 is 5.82 Å². The van der Waals surface area contributed by atoms with Gasteiger partial charge in [0.25, 0.3) is 0 Å². The molecule has 6 nitrogen and oxygen atoms in total. The van der Waals surface area contributed by atoms with Gasteiger partial charge in [0.2, 0.25) is 0 Å². The predicted octanol–water partition coefficient (Wildman–Crippen LogP) is 1.40. The Balaban J connectivity index is 2.11. The van der Waals surface area contributed by atoms with E-state index in [0.717, 1.165) is 19.5 Å². The lowest BCUT2D eigenvalue weighted by Crippen LogP contribution is -2.18. The quantitative estimate of drug-likeness (QED) is 0.596. The summed E-state index contributed by atoms with van der Waals surface area (Å²) in [5.41, 5.74) is 0. The largest absolute Gasteiger partial charge is 0.358 e. The highest BCUT2D eigenvalue weighted by Gasteiger charge is 2.26. The zero-order valence-corrected chi connectivity index (χ0v) is 9.72. The normalized spacial score (nSPS) is 21.5. The molecule has 2 heterocycles. The highest BCUT2D eigenvalue weighted by Crippen LogP contribution is 2.22. The van der Waals surface area contributed by atoms with Gasteiger partial charge in [-0.3, -0.25) is 0 Å². The Labute approximate surface area is 97.9 Å². The number of nitrogens with zero attached hydrogens (tertiary/aromatic N) is 4. The lowest BCUT2D eigenvalue weighted by molar-refractivity contribution is -0.392. The molecule has 0 bridgehead atoms. The molecule has 0 aliphatic carbocycles. The van der Waals surface area contributed by atoms with E-state index < -0.39 is 4.92 Å². The maximum absolute atomic E-state index is 10.7. The average molecular weight is 245 g/mol. The molecule has 0 amide bonds. The zero-order valence-electron chi connectivity index (χ0n) is 8.97. The number of hydrogen-bond acceptors (Lipinski definition) is 4. The third-order valence-electron chi connectivity index (χ3n) is 2.84. The summed E-state index contributed by atoms with van der Waals surface area (Å²) in [7, 11) is 2.05. The number of hydrogen-bond donors (Lipinski definition) is 0. The fraction of sp³-hybridized carbons (Fsp3) is 0.667. The van der Waals surface area contributed by atoms with E-state index in [9.17, 15) is 10.1 Å². The van der Waals surface area contributed by atoms with Crippen LogP contribution in [0.25, 0.3) is 0 Å². The van der Waals surface area contributed by atoms with Crippen molar-refractivity contribution in [3.05, 3.63) is 21.3 Å². The van der Waals surface area contributed by atoms with Crippen LogP contribution in [0.4, 0.5) is 5.82 Å². The molecule has 0 saturated carbocycles. The Morgan fingerprint density at radius 1 is 1.75 bits per heavy atom. The van der Waals surface area contributed by atoms with Gasteiger partial charge in [-0.05, 0) is 24.9 Å². The third kappa shape index (κ3) is 2.33. The molecule has 1 aromatic rings. The number of aromatic nitrogens is 2. The fourth-order valence-corrected chi connectivity index (χ4v) is 2.27. The molecule has 2 rings (SSSR count). The molecule has 1 aliphatic rings. The van der Waals surface area contributed by atoms with Crippen LogP contribution in [0.2, 0.25) is 5.15 Å². The lowest BCUT2D eigenvalue weighted by atomic mass is 10.1. The van der Waals surface area contributed by atoms with Gasteiger partial charge in [0, 0.05) is 12.5 Å². The number of rotatable bonds is 3. The topological polar surface area (TPSA) is 64.2 Å². The number of likely N-dealkylation sites (tertiary alicyclic amines) is 1. The van der Waals surface area contributed by atoms with Gasteiger partial charge in [-0.15, -0.1) is 4.68 Å². The Bertz CT molecular complexity index is 406. The Morgan fingerprint density at radius 2 is 2.50 bits per heavy atom. The van der Waals surface area contributed by atoms with E-state index in [2.05, 4.69) is 10.00 Å². The number of halogens is 1. The second-order valence-corrected chi connectivity index (χ2v) is 4.57. The van der Waals surface area contributed by atoms with Gasteiger partial charge in [0.05, 0.1) is 6.07 Å². The van der Waals surface area contributed by atoms with Gasteiger partial charge in [0.1, 0.15) is 6.54 Å². The zero-order chi connectivity index (χ0) is 11.7. The highest BCUT2D eigenvalue weighted by molar-refractivity contribution is 6.29. The van der Waals surface area contributed by atoms with Crippen molar-refractivity contribution in [1.82, 2.24) is 14.7 Å². The first-order valence-corrected chi connectivity index (χ1v) is 5.50. The van der Waals surface area contributed by atoms with Crippen molar-refractivity contribution in [2.24, 2.45) is 5.92 Å². The molecule has 1 aliphatic heterocycles. The molecular formula is C9H13ClN4O2. The van der Waals surface area contributed by atoms with Crippen molar-refractivity contribution < 1.29 is 4.92 Å². The summed E-state index contributed by atoms with van der Waals surface area (Å²) in [5, 5.41) is 14.9. The first-order chi connectivity index (χ1) is 7.56. The van der Waals surface area contributed by atoms with E-state index in [-0.39, 0.29) is 11.0 Å². The molecule has 1 atom stereocenters. The van der Waals surface area contributed by atoms with Gasteiger partial charge in [-0.25, -0.2) is 0 Å². The summed E-state index contributed by atoms with van der Waals surface area (Å²) in [4.78, 5) is 12.5. The maximum Gasteiger partial charge on any atom is 0.346 e. The van der Waals surface area contributed by atoms with Crippen LogP contribution in [0.5, 0.6) is 0 Å². The first kappa shape index (κ1) is 11.3. The standard InChI is InChI=1S/C9H13ClN4O2/c1-12-3-2-7(5-12)6-13-9(14(15)16)4-8(10)11-13/h4,7H,2-3,5-6H2,1H3/t7-/m1/s1. The molecule has 0 radical (unpaired) electrons. The van der Waals surface area contributed by atoms with E-state index in [1.165, 1.54) is 10.7 Å². The van der Waals surface area contributed by atoms with Crippen LogP contribution in [-0.4, -0.2) is 39.7 Å². The molecule has 0 aromatic carbocycles. The fourth-order valence-electron chi connectivity index (χ4n) is 2.08. The van der Waals surface area contributed by atoms with Crippen LogP contribution < -0.4 is 0 Å². The minimum absolute atomic E-state index is 0.0282. The van der Waals surface area contributed by atoms with Crippen molar-refractivity contribution in [3.8, 4) is 0 Å². The van der Waals surface area contributed by atoms with Crippen LogP contribution in [0.3, 0.4) is 0 Å². The van der Waals surface area contributed by atoms with Crippen LogP contribution in [0.15, 0.2) is 6.07 Å². The molecule has 1 saturated heterocycles. The van der Waals surface area contributed by atoms with Gasteiger partial charge in [-0.2, -0.15) is 0 Å². The van der Waals surface area contributed by atoms with Gasteiger partial charge < -0.3 is 15.0 Å². The Kier molecular flexibility index (Phi) is 3.11. The molecule has 7 heteroatoms. The summed E-state index contributed by atoms with van der Waals surface area (Å²) in [5.74, 6) is 0.388. The summed E-state index contributed by atoms with van der Waals surface area (Å²) in [6, 6.07) is 1.29. The smallest absolute Gasteiger partial charge is 0.346 e. The van der Waals surface area contributed by atoms with E-state index in [1.54, 1.807) is 0 Å². The van der Waals surface area contributed by atoms with E-state index in [0.29, 0.717) is 12.5 Å². The molecule has 88 valence electrons. The predicted molar refractivity (Wildman–Crippen MR) is 59.5 cm³/mol. The van der Waals surface area contributed by atoms with Crippen LogP contribution >= 0.6 is 11.6 Å². The SMILES string of the molecule is CN1CC[C@@H](Cn2nc(Cl)cc2[N+](=O)[O-])C1. The van der Waals surface area contributed by atoms with E-state index >= 15 is 0 Å². The third-order valence-corrected chi connectivity index (χ3v) is 3.02. The summed E-state index contributed by atoms with van der Waals surface area (Å²) >= 11 is 5.68. The Morgan fingerprint density at radius 3 is 3.06 bits per heavy atom. The van der Waals surface area contributed by atoms with Crippen molar-refractivity contribution in [2.75, 3.05) is 20.1 Å². The van der Waals surface area contributed by atoms with Crippen molar-refractivity contribution in [3.63, 3.8) is 0 Å². The minimum atomic E-state index is -0.447. The van der Waals surface area contributed by atoms with Crippen LogP contribution in [0.1, 0.15) is 6.42 Å². The molecular weight excluding hydrogens is 232 g/mol. The maximum atomic E-state index is 10.7. The summed E-state index contributed by atoms with van der Waals surface area (Å²) in [6.07, 6.45) is 1.05. The number of nitro groups is 1. The minimum Gasteiger partial charge on any atom is -0.358 e. The molecule has 1 aromatic heterocycles. The van der Waals surface area contributed by atoms with E-state index in [1.807, 2.05) is 7.05 Å². The molecule has 0 N–H and O–H groups in total. The summed E-state index contributed by atoms with van der Waals surface area (Å²) in [6.45, 7) is 2.55. The summed E-state index contributed by atoms with van der Waals surface area (Å²) < 4.78 is 1.40. The molecule has 1 fully saturated rings. The average Bonchev–Trinajstić information content (AvgIpc) is 2.74. The first-order valence-electron chi connectivity index (χ1n) is 5.12. The van der Waals surface area contributed by atoms with Crippen LogP contribution in [-0.2, 0) is 6.54 Å². The highest BCUT2D eigenvalue weighted by atomic mass is 35.5. The second kappa shape index (κ2) is 4.39. The molecule has 0 spiro atoms. The van der Waals surface area contributed by atoms with Crippen LogP contribution in [0, 0.1) is 16.0 Å². The lowest BCUT2D eigenvalue weighted by Gasteiger charge is -2.07.